The molecule has 126 valence electrons. The van der Waals surface area contributed by atoms with Crippen LogP contribution >= 0.6 is 11.8 Å². The molecule has 8 heteroatoms. The molecule has 0 aliphatic heterocycles. The molecule has 23 heavy (non-hydrogen) atoms. The van der Waals surface area contributed by atoms with E-state index in [0.717, 1.165) is 5.75 Å². The largest absolute Gasteiger partial charge is 0.467 e. The summed E-state index contributed by atoms with van der Waals surface area (Å²) >= 11 is 1.58. The van der Waals surface area contributed by atoms with E-state index in [1.54, 1.807) is 36.0 Å². The molecule has 0 aliphatic rings. The lowest BCUT2D eigenvalue weighted by molar-refractivity contribution is -0.142. The minimum atomic E-state index is -0.703. The second-order valence-corrected chi connectivity index (χ2v) is 5.70. The first-order valence-corrected chi connectivity index (χ1v) is 8.37. The summed E-state index contributed by atoms with van der Waals surface area (Å²) in [5, 5.41) is 7.84. The molecule has 0 saturated carbocycles. The van der Waals surface area contributed by atoms with Gasteiger partial charge in [-0.2, -0.15) is 11.8 Å². The summed E-state index contributed by atoms with van der Waals surface area (Å²) in [7, 11) is 1.28. The van der Waals surface area contributed by atoms with Crippen molar-refractivity contribution in [3.8, 4) is 0 Å². The highest BCUT2D eigenvalue weighted by molar-refractivity contribution is 7.98. The number of carbonyl (C=O) groups excluding carboxylic acids is 3. The summed E-state index contributed by atoms with van der Waals surface area (Å²) in [5.74, 6) is 0.0357. The van der Waals surface area contributed by atoms with E-state index in [1.807, 2.05) is 6.26 Å². The second kappa shape index (κ2) is 9.73. The lowest BCUT2D eigenvalue weighted by Gasteiger charge is -2.16. The fourth-order valence-corrected chi connectivity index (χ4v) is 2.30. The van der Waals surface area contributed by atoms with Crippen LogP contribution in [0.2, 0.25) is 0 Å². The minimum absolute atomic E-state index is 0.200. The zero-order valence-electron chi connectivity index (χ0n) is 13.3. The van der Waals surface area contributed by atoms with Gasteiger partial charge in [0.25, 0.3) is 0 Å². The highest BCUT2D eigenvalue weighted by atomic mass is 32.2. The third kappa shape index (κ3) is 7.05. The van der Waals surface area contributed by atoms with E-state index >= 15 is 0 Å². The molecule has 0 fully saturated rings. The number of rotatable bonds is 7. The monoisotopic (exact) mass is 339 g/mol. The number of methoxy groups -OCH3 is 1. The van der Waals surface area contributed by atoms with Gasteiger partial charge in [-0.15, -0.1) is 0 Å². The van der Waals surface area contributed by atoms with E-state index in [4.69, 9.17) is 0 Å². The summed E-state index contributed by atoms with van der Waals surface area (Å²) in [6.45, 7) is 1.40. The highest BCUT2D eigenvalue weighted by Crippen LogP contribution is 2.15. The maximum absolute atomic E-state index is 12.0. The van der Waals surface area contributed by atoms with Gasteiger partial charge >= 0.3 is 12.0 Å². The van der Waals surface area contributed by atoms with Crippen LogP contribution < -0.4 is 16.0 Å². The van der Waals surface area contributed by atoms with Gasteiger partial charge in [-0.3, -0.25) is 4.79 Å². The van der Waals surface area contributed by atoms with Crippen LogP contribution in [-0.2, 0) is 14.3 Å². The van der Waals surface area contributed by atoms with E-state index < -0.39 is 18.0 Å². The van der Waals surface area contributed by atoms with Crippen LogP contribution in [0.4, 0.5) is 16.2 Å². The summed E-state index contributed by atoms with van der Waals surface area (Å²) in [6.07, 6.45) is 2.40. The van der Waals surface area contributed by atoms with E-state index in [-0.39, 0.29) is 5.91 Å². The van der Waals surface area contributed by atoms with Crippen molar-refractivity contribution in [2.24, 2.45) is 0 Å². The third-order valence-electron chi connectivity index (χ3n) is 2.84. The van der Waals surface area contributed by atoms with Crippen molar-refractivity contribution in [1.82, 2.24) is 5.32 Å². The van der Waals surface area contributed by atoms with Gasteiger partial charge in [-0.05, 0) is 36.6 Å². The molecule has 0 aliphatic carbocycles. The fourth-order valence-electron chi connectivity index (χ4n) is 1.83. The maximum atomic E-state index is 12.0. The SMILES string of the molecule is COC(=O)[C@H](CCSC)NC(=O)Nc1cccc(NC(C)=O)c1. The van der Waals surface area contributed by atoms with E-state index in [2.05, 4.69) is 20.7 Å². The molecule has 0 saturated heterocycles. The van der Waals surface area contributed by atoms with Gasteiger partial charge in [-0.1, -0.05) is 6.07 Å². The Kier molecular flexibility index (Phi) is 7.96. The van der Waals surface area contributed by atoms with Gasteiger partial charge < -0.3 is 20.7 Å². The number of urea groups is 1. The first kappa shape index (κ1) is 18.8. The van der Waals surface area contributed by atoms with Gasteiger partial charge in [0.1, 0.15) is 6.04 Å². The van der Waals surface area contributed by atoms with Gasteiger partial charge in [0, 0.05) is 18.3 Å². The smallest absolute Gasteiger partial charge is 0.328 e. The van der Waals surface area contributed by atoms with Crippen molar-refractivity contribution < 1.29 is 19.1 Å². The average molecular weight is 339 g/mol. The topological polar surface area (TPSA) is 96.5 Å². The van der Waals surface area contributed by atoms with Crippen molar-refractivity contribution in [1.29, 1.82) is 0 Å². The Morgan fingerprint density at radius 1 is 1.22 bits per heavy atom. The van der Waals surface area contributed by atoms with Gasteiger partial charge in [0.15, 0.2) is 0 Å². The Labute approximate surface area is 139 Å². The molecule has 1 aromatic carbocycles. The molecule has 3 N–H and O–H groups in total. The Morgan fingerprint density at radius 3 is 2.43 bits per heavy atom. The van der Waals surface area contributed by atoms with E-state index in [0.29, 0.717) is 17.8 Å². The van der Waals surface area contributed by atoms with E-state index in [9.17, 15) is 14.4 Å². The van der Waals surface area contributed by atoms with Crippen molar-refractivity contribution >= 4 is 41.0 Å². The van der Waals surface area contributed by atoms with Crippen LogP contribution in [0.25, 0.3) is 0 Å². The number of amides is 3. The number of hydrogen-bond acceptors (Lipinski definition) is 5. The Morgan fingerprint density at radius 2 is 1.87 bits per heavy atom. The first-order chi connectivity index (χ1) is 11.0. The number of nitrogens with one attached hydrogen (secondary N) is 3. The molecule has 0 radical (unpaired) electrons. The minimum Gasteiger partial charge on any atom is -0.467 e. The number of thioether (sulfide) groups is 1. The van der Waals surface area contributed by atoms with Crippen molar-refractivity contribution in [3.63, 3.8) is 0 Å². The zero-order valence-corrected chi connectivity index (χ0v) is 14.2. The predicted octanol–water partition coefficient (Wildman–Crippen LogP) is 2.06. The molecule has 0 unspecified atom stereocenters. The molecule has 0 bridgehead atoms. The van der Waals surface area contributed by atoms with Crippen LogP contribution in [0.5, 0.6) is 0 Å². The van der Waals surface area contributed by atoms with Gasteiger partial charge in [0.05, 0.1) is 7.11 Å². The molecule has 1 aromatic rings. The summed E-state index contributed by atoms with van der Waals surface area (Å²) in [4.78, 5) is 34.7. The molecule has 0 aromatic heterocycles. The number of esters is 1. The standard InChI is InChI=1S/C15H21N3O4S/c1-10(19)16-11-5-4-6-12(9-11)17-15(21)18-13(7-8-23-3)14(20)22-2/h4-6,9,13H,7-8H2,1-3H3,(H,16,19)(H2,17,18,21)/t13-/m0/s1. The molecule has 1 atom stereocenters. The Balaban J connectivity index is 2.66. The Bertz CT molecular complexity index is 565. The third-order valence-corrected chi connectivity index (χ3v) is 3.49. The van der Waals surface area contributed by atoms with Crippen LogP contribution in [-0.4, -0.2) is 43.1 Å². The number of ether oxygens (including phenoxy) is 1. The van der Waals surface area contributed by atoms with Crippen LogP contribution in [0.3, 0.4) is 0 Å². The number of carbonyl (C=O) groups is 3. The summed E-state index contributed by atoms with van der Waals surface area (Å²) < 4.78 is 4.69. The second-order valence-electron chi connectivity index (χ2n) is 4.72. The number of anilines is 2. The van der Waals surface area contributed by atoms with Crippen molar-refractivity contribution in [2.75, 3.05) is 29.8 Å². The molecule has 0 spiro atoms. The van der Waals surface area contributed by atoms with Gasteiger partial charge in [-0.25, -0.2) is 9.59 Å². The maximum Gasteiger partial charge on any atom is 0.328 e. The van der Waals surface area contributed by atoms with E-state index in [1.165, 1.54) is 14.0 Å². The number of benzene rings is 1. The van der Waals surface area contributed by atoms with Crippen LogP contribution in [0, 0.1) is 0 Å². The summed E-state index contributed by atoms with van der Waals surface area (Å²) in [6, 6.07) is 5.50. The lowest BCUT2D eigenvalue weighted by atomic mass is 10.2. The zero-order chi connectivity index (χ0) is 17.2. The highest BCUT2D eigenvalue weighted by Gasteiger charge is 2.20. The average Bonchev–Trinajstić information content (AvgIpc) is 2.50. The predicted molar refractivity (Wildman–Crippen MR) is 91.7 cm³/mol. The normalized spacial score (nSPS) is 11.3. The van der Waals surface area contributed by atoms with Crippen molar-refractivity contribution in [3.05, 3.63) is 24.3 Å². The quantitative estimate of drug-likeness (QED) is 0.661. The fraction of sp³-hybridized carbons (Fsp3) is 0.400. The van der Waals surface area contributed by atoms with Crippen LogP contribution in [0.15, 0.2) is 24.3 Å². The molecule has 7 nitrogen and oxygen atoms in total. The number of hydrogen-bond donors (Lipinski definition) is 3. The summed E-state index contributed by atoms with van der Waals surface area (Å²) in [5.41, 5.74) is 1.07. The molecular weight excluding hydrogens is 318 g/mol. The van der Waals surface area contributed by atoms with Crippen LogP contribution in [0.1, 0.15) is 13.3 Å². The molecular formula is C15H21N3O4S. The lowest BCUT2D eigenvalue weighted by Crippen LogP contribution is -2.44. The molecule has 3 amide bonds. The Hall–Kier alpha value is -2.22. The molecule has 1 rings (SSSR count). The molecule has 0 heterocycles. The van der Waals surface area contributed by atoms with Gasteiger partial charge in [0.2, 0.25) is 5.91 Å². The first-order valence-electron chi connectivity index (χ1n) is 6.98. The van der Waals surface area contributed by atoms with Crippen molar-refractivity contribution in [2.45, 2.75) is 19.4 Å².